The maximum absolute atomic E-state index is 12.1. The van der Waals surface area contributed by atoms with E-state index in [1.54, 1.807) is 23.1 Å². The third-order valence-corrected chi connectivity index (χ3v) is 3.30. The number of carbonyl (C=O) groups excluding carboxylic acids is 1. The number of carboxylic acid groups (broad SMARTS) is 1. The molecule has 0 radical (unpaired) electrons. The van der Waals surface area contributed by atoms with Crippen LogP contribution in [-0.2, 0) is 11.2 Å². The largest absolute Gasteiger partial charge is 0.478 e. The van der Waals surface area contributed by atoms with Crippen LogP contribution in [0.15, 0.2) is 18.2 Å². The topological polar surface area (TPSA) is 78.9 Å². The molecule has 1 aromatic carbocycles. The lowest BCUT2D eigenvalue weighted by Crippen LogP contribution is -2.40. The van der Waals surface area contributed by atoms with Crippen LogP contribution >= 0.6 is 0 Å². The highest BCUT2D eigenvalue weighted by atomic mass is 16.5. The number of carboxylic acids is 1. The maximum Gasteiger partial charge on any atom is 0.335 e. The smallest absolute Gasteiger partial charge is 0.335 e. The molecule has 0 unspecified atom stereocenters. The second-order valence-electron chi connectivity index (χ2n) is 5.20. The molecule has 2 N–H and O–H groups in total. The second kappa shape index (κ2) is 6.58. The zero-order chi connectivity index (χ0) is 15.4. The second-order valence-corrected chi connectivity index (χ2v) is 5.20. The van der Waals surface area contributed by atoms with Gasteiger partial charge in [-0.15, -0.1) is 0 Å². The van der Waals surface area contributed by atoms with Gasteiger partial charge >= 0.3 is 12.0 Å². The zero-order valence-corrected chi connectivity index (χ0v) is 12.3. The molecule has 6 heteroatoms. The Morgan fingerprint density at radius 1 is 1.43 bits per heavy atom. The van der Waals surface area contributed by atoms with Gasteiger partial charge in [-0.05, 0) is 38.0 Å². The fraction of sp³-hybridized carbons (Fsp3) is 0.467. The summed E-state index contributed by atoms with van der Waals surface area (Å²) in [6, 6.07) is 4.67. The van der Waals surface area contributed by atoms with Gasteiger partial charge in [0, 0.05) is 18.8 Å². The maximum atomic E-state index is 12.1. The molecular formula is C15H20N2O4. The monoisotopic (exact) mass is 292 g/mol. The van der Waals surface area contributed by atoms with E-state index in [0.29, 0.717) is 25.4 Å². The van der Waals surface area contributed by atoms with E-state index in [1.807, 2.05) is 13.8 Å². The predicted octanol–water partition coefficient (Wildman–Crippen LogP) is 1.88. The van der Waals surface area contributed by atoms with Gasteiger partial charge in [-0.25, -0.2) is 9.59 Å². The Balaban J connectivity index is 1.99. The summed E-state index contributed by atoms with van der Waals surface area (Å²) in [5.41, 5.74) is 1.86. The van der Waals surface area contributed by atoms with Crippen LogP contribution in [0.4, 0.5) is 10.5 Å². The van der Waals surface area contributed by atoms with E-state index in [1.165, 1.54) is 0 Å². The lowest BCUT2D eigenvalue weighted by Gasteiger charge is -2.18. The van der Waals surface area contributed by atoms with Crippen molar-refractivity contribution in [2.24, 2.45) is 0 Å². The first-order valence-corrected chi connectivity index (χ1v) is 7.02. The number of carbonyl (C=O) groups is 2. The summed E-state index contributed by atoms with van der Waals surface area (Å²) in [7, 11) is 0. The lowest BCUT2D eigenvalue weighted by atomic mass is 10.1. The van der Waals surface area contributed by atoms with Crippen molar-refractivity contribution in [1.82, 2.24) is 5.32 Å². The first-order chi connectivity index (χ1) is 9.99. The standard InChI is InChI=1S/C15H20N2O4/c1-10(2)21-8-6-16-15(20)17-7-5-11-3-4-12(14(18)19)9-13(11)17/h3-4,9-10H,5-8H2,1-2H3,(H,16,20)(H,18,19). The fourth-order valence-electron chi connectivity index (χ4n) is 2.27. The van der Waals surface area contributed by atoms with Crippen molar-refractivity contribution in [2.75, 3.05) is 24.6 Å². The quantitative estimate of drug-likeness (QED) is 0.812. The number of urea groups is 1. The van der Waals surface area contributed by atoms with Crippen LogP contribution < -0.4 is 10.2 Å². The van der Waals surface area contributed by atoms with Gasteiger partial charge in [-0.1, -0.05) is 6.07 Å². The zero-order valence-electron chi connectivity index (χ0n) is 12.3. The Hall–Kier alpha value is -2.08. The van der Waals surface area contributed by atoms with E-state index in [9.17, 15) is 9.59 Å². The Morgan fingerprint density at radius 3 is 2.86 bits per heavy atom. The molecule has 2 rings (SSSR count). The normalized spacial score (nSPS) is 13.4. The number of hydrogen-bond acceptors (Lipinski definition) is 3. The minimum atomic E-state index is -0.990. The molecule has 2 amide bonds. The third-order valence-electron chi connectivity index (χ3n) is 3.30. The third kappa shape index (κ3) is 3.72. The van der Waals surface area contributed by atoms with Crippen molar-refractivity contribution in [3.8, 4) is 0 Å². The van der Waals surface area contributed by atoms with Crippen molar-refractivity contribution >= 4 is 17.7 Å². The fourth-order valence-corrected chi connectivity index (χ4v) is 2.27. The van der Waals surface area contributed by atoms with E-state index in [4.69, 9.17) is 9.84 Å². The van der Waals surface area contributed by atoms with Gasteiger partial charge < -0.3 is 15.2 Å². The first-order valence-electron chi connectivity index (χ1n) is 7.02. The van der Waals surface area contributed by atoms with Crippen molar-refractivity contribution in [1.29, 1.82) is 0 Å². The average molecular weight is 292 g/mol. The van der Waals surface area contributed by atoms with Crippen molar-refractivity contribution < 1.29 is 19.4 Å². The summed E-state index contributed by atoms with van der Waals surface area (Å²) in [4.78, 5) is 24.7. The molecule has 0 saturated heterocycles. The van der Waals surface area contributed by atoms with Crippen molar-refractivity contribution in [3.05, 3.63) is 29.3 Å². The molecule has 0 fully saturated rings. The number of nitrogens with zero attached hydrogens (tertiary/aromatic N) is 1. The van der Waals surface area contributed by atoms with Crippen LogP contribution in [0.5, 0.6) is 0 Å². The summed E-state index contributed by atoms with van der Waals surface area (Å²) in [5, 5.41) is 11.8. The SMILES string of the molecule is CC(C)OCCNC(=O)N1CCc2ccc(C(=O)O)cc21. The van der Waals surface area contributed by atoms with Crippen LogP contribution in [0, 0.1) is 0 Å². The number of ether oxygens (including phenoxy) is 1. The number of hydrogen-bond donors (Lipinski definition) is 2. The molecule has 0 atom stereocenters. The summed E-state index contributed by atoms with van der Waals surface area (Å²) < 4.78 is 5.36. The van der Waals surface area contributed by atoms with Gasteiger partial charge in [-0.3, -0.25) is 4.90 Å². The average Bonchev–Trinajstić information content (AvgIpc) is 2.86. The Bertz CT molecular complexity index is 542. The molecule has 6 nitrogen and oxygen atoms in total. The summed E-state index contributed by atoms with van der Waals surface area (Å²) in [6.07, 6.45) is 0.873. The van der Waals surface area contributed by atoms with E-state index < -0.39 is 5.97 Å². The molecule has 0 bridgehead atoms. The number of nitrogens with one attached hydrogen (secondary N) is 1. The Labute approximate surface area is 123 Å². The van der Waals surface area contributed by atoms with E-state index in [0.717, 1.165) is 12.0 Å². The highest BCUT2D eigenvalue weighted by Crippen LogP contribution is 2.29. The van der Waals surface area contributed by atoms with Crippen molar-refractivity contribution in [3.63, 3.8) is 0 Å². The van der Waals surface area contributed by atoms with Crippen LogP contribution in [0.25, 0.3) is 0 Å². The summed E-state index contributed by atoms with van der Waals surface area (Å²) in [5.74, 6) is -0.990. The molecule has 0 spiro atoms. The number of fused-ring (bicyclic) bond motifs is 1. The van der Waals surface area contributed by atoms with E-state index in [-0.39, 0.29) is 17.7 Å². The highest BCUT2D eigenvalue weighted by Gasteiger charge is 2.25. The van der Waals surface area contributed by atoms with Crippen LogP contribution in [-0.4, -0.2) is 42.9 Å². The van der Waals surface area contributed by atoms with Gasteiger partial charge in [0.15, 0.2) is 0 Å². The minimum Gasteiger partial charge on any atom is -0.478 e. The van der Waals surface area contributed by atoms with Gasteiger partial charge in [-0.2, -0.15) is 0 Å². The lowest BCUT2D eigenvalue weighted by molar-refractivity contribution is 0.0697. The highest BCUT2D eigenvalue weighted by molar-refractivity contribution is 5.96. The van der Waals surface area contributed by atoms with Crippen LogP contribution in [0.1, 0.15) is 29.8 Å². The Kier molecular flexibility index (Phi) is 4.80. The van der Waals surface area contributed by atoms with Gasteiger partial charge in [0.1, 0.15) is 0 Å². The molecule has 1 aromatic rings. The molecule has 21 heavy (non-hydrogen) atoms. The molecule has 1 aliphatic rings. The number of benzene rings is 1. The van der Waals surface area contributed by atoms with Crippen molar-refractivity contribution in [2.45, 2.75) is 26.4 Å². The summed E-state index contributed by atoms with van der Waals surface area (Å²) >= 11 is 0. The Morgan fingerprint density at radius 2 is 2.19 bits per heavy atom. The number of anilines is 1. The number of amides is 2. The number of aromatic carboxylic acids is 1. The van der Waals surface area contributed by atoms with E-state index >= 15 is 0 Å². The van der Waals surface area contributed by atoms with E-state index in [2.05, 4.69) is 5.32 Å². The molecule has 114 valence electrons. The van der Waals surface area contributed by atoms with Crippen LogP contribution in [0.2, 0.25) is 0 Å². The van der Waals surface area contributed by atoms with Gasteiger partial charge in [0.05, 0.1) is 18.3 Å². The minimum absolute atomic E-state index is 0.132. The molecule has 1 heterocycles. The molecule has 1 aliphatic heterocycles. The molecule has 0 aliphatic carbocycles. The molecule has 0 aromatic heterocycles. The predicted molar refractivity (Wildman–Crippen MR) is 78.9 cm³/mol. The first kappa shape index (κ1) is 15.3. The summed E-state index contributed by atoms with van der Waals surface area (Å²) in [6.45, 7) is 5.33. The number of rotatable bonds is 5. The van der Waals surface area contributed by atoms with Crippen LogP contribution in [0.3, 0.4) is 0 Å². The van der Waals surface area contributed by atoms with Gasteiger partial charge in [0.25, 0.3) is 0 Å². The molecular weight excluding hydrogens is 272 g/mol. The van der Waals surface area contributed by atoms with Gasteiger partial charge in [0.2, 0.25) is 0 Å². The molecule has 0 saturated carbocycles.